The molecule has 0 atom stereocenters. The molecular weight excluding hydrogens is 470 g/mol. The van der Waals surface area contributed by atoms with Crippen LogP contribution in [0.25, 0.3) is 15.9 Å². The third-order valence-corrected chi connectivity index (χ3v) is 7.51. The van der Waals surface area contributed by atoms with Gasteiger partial charge >= 0.3 is 0 Å². The lowest BCUT2D eigenvalue weighted by molar-refractivity contribution is -0.130. The van der Waals surface area contributed by atoms with E-state index in [1.54, 1.807) is 16.0 Å². The van der Waals surface area contributed by atoms with Crippen molar-refractivity contribution in [3.05, 3.63) is 53.5 Å². The van der Waals surface area contributed by atoms with E-state index >= 15 is 0 Å². The number of para-hydroxylation sites is 3. The minimum absolute atomic E-state index is 0.0947. The number of tetrazole rings is 1. The largest absolute Gasteiger partial charge is 0.492 e. The number of hydrogen-bond acceptors (Lipinski definition) is 9. The molecule has 176 valence electrons. The van der Waals surface area contributed by atoms with Gasteiger partial charge in [-0.15, -0.1) is 16.4 Å². The van der Waals surface area contributed by atoms with Gasteiger partial charge < -0.3 is 9.64 Å². The molecule has 1 fully saturated rings. The average molecular weight is 496 g/mol. The fourth-order valence-corrected chi connectivity index (χ4v) is 5.68. The Bertz CT molecular complexity index is 1230. The number of benzene rings is 2. The maximum Gasteiger partial charge on any atom is 0.233 e. The second-order valence-electron chi connectivity index (χ2n) is 7.79. The van der Waals surface area contributed by atoms with Crippen molar-refractivity contribution >= 4 is 39.2 Å². The topological polar surface area (TPSA) is 89.3 Å². The molecule has 0 bridgehead atoms. The molecule has 0 N–H and O–H groups in total. The van der Waals surface area contributed by atoms with Crippen LogP contribution in [-0.2, 0) is 11.3 Å². The summed E-state index contributed by atoms with van der Waals surface area (Å²) >= 11 is 3.08. The van der Waals surface area contributed by atoms with Crippen molar-refractivity contribution in [2.24, 2.45) is 0 Å². The van der Waals surface area contributed by atoms with Crippen LogP contribution in [0.4, 0.5) is 0 Å². The number of thioether (sulfide) groups is 1. The fraction of sp³-hybridized carbons (Fsp3) is 0.348. The zero-order chi connectivity index (χ0) is 23.3. The van der Waals surface area contributed by atoms with Gasteiger partial charge in [0.05, 0.1) is 29.1 Å². The van der Waals surface area contributed by atoms with Crippen LogP contribution in [0.1, 0.15) is 11.9 Å². The van der Waals surface area contributed by atoms with Crippen LogP contribution in [0, 0.1) is 0 Å². The molecule has 0 radical (unpaired) electrons. The number of nitrogens with zero attached hydrogens (tertiary/aromatic N) is 7. The Morgan fingerprint density at radius 3 is 2.71 bits per heavy atom. The lowest BCUT2D eigenvalue weighted by Gasteiger charge is -2.34. The molecule has 2 aromatic carbocycles. The van der Waals surface area contributed by atoms with Crippen LogP contribution in [0.15, 0.2) is 53.7 Å². The molecule has 1 aliphatic rings. The summed E-state index contributed by atoms with van der Waals surface area (Å²) in [4.78, 5) is 21.9. The van der Waals surface area contributed by atoms with Crippen molar-refractivity contribution in [3.63, 3.8) is 0 Å². The quantitative estimate of drug-likeness (QED) is 0.345. The number of carbonyl (C=O) groups is 1. The Balaban J connectivity index is 1.15. The molecule has 1 saturated heterocycles. The zero-order valence-electron chi connectivity index (χ0n) is 18.8. The standard InChI is InChI=1S/C23H25N7O2S2/c1-2-32-19-9-5-4-8-18(19)30-23(25-26-27-30)33-16-22(31)29-13-11-28(12-14-29)15-21-24-17-7-3-6-10-20(17)34-21/h3-10H,2,11-16H2,1H3. The van der Waals surface area contributed by atoms with Crippen molar-refractivity contribution < 1.29 is 9.53 Å². The molecule has 0 spiro atoms. The van der Waals surface area contributed by atoms with Gasteiger partial charge in [-0.05, 0) is 41.6 Å². The Hall–Kier alpha value is -3.02. The first-order chi connectivity index (χ1) is 16.7. The maximum absolute atomic E-state index is 12.9. The first-order valence-corrected chi connectivity index (χ1v) is 13.0. The summed E-state index contributed by atoms with van der Waals surface area (Å²) in [5.74, 6) is 1.08. The Morgan fingerprint density at radius 1 is 1.09 bits per heavy atom. The lowest BCUT2D eigenvalue weighted by atomic mass is 10.3. The molecule has 0 saturated carbocycles. The predicted octanol–water partition coefficient (Wildman–Crippen LogP) is 3.11. The van der Waals surface area contributed by atoms with Crippen LogP contribution in [-0.4, -0.2) is 79.4 Å². The first kappa shape index (κ1) is 22.8. The molecule has 3 heterocycles. The van der Waals surface area contributed by atoms with Crippen molar-refractivity contribution in [2.45, 2.75) is 18.6 Å². The number of fused-ring (bicyclic) bond motifs is 1. The number of rotatable bonds is 8. The summed E-state index contributed by atoms with van der Waals surface area (Å²) in [6.07, 6.45) is 0. The number of amides is 1. The molecular formula is C23H25N7O2S2. The summed E-state index contributed by atoms with van der Waals surface area (Å²) in [5, 5.41) is 13.7. The summed E-state index contributed by atoms with van der Waals surface area (Å²) in [6.45, 7) is 6.40. The number of piperazine rings is 1. The Labute approximate surface area is 205 Å². The number of thiazole rings is 1. The highest BCUT2D eigenvalue weighted by Gasteiger charge is 2.23. The van der Waals surface area contributed by atoms with E-state index in [0.717, 1.165) is 35.8 Å². The Morgan fingerprint density at radius 2 is 1.88 bits per heavy atom. The third-order valence-electron chi connectivity index (χ3n) is 5.58. The monoisotopic (exact) mass is 495 g/mol. The molecule has 9 nitrogen and oxygen atoms in total. The van der Waals surface area contributed by atoms with Crippen LogP contribution >= 0.6 is 23.1 Å². The van der Waals surface area contributed by atoms with Gasteiger partial charge in [0.15, 0.2) is 0 Å². The van der Waals surface area contributed by atoms with E-state index in [0.29, 0.717) is 30.6 Å². The van der Waals surface area contributed by atoms with Gasteiger partial charge in [0, 0.05) is 26.2 Å². The molecule has 5 rings (SSSR count). The SMILES string of the molecule is CCOc1ccccc1-n1nnnc1SCC(=O)N1CCN(Cc2nc3ccccc3s2)CC1. The number of aromatic nitrogens is 5. The van der Waals surface area contributed by atoms with E-state index in [1.165, 1.54) is 16.5 Å². The Kier molecular flexibility index (Phi) is 7.02. The van der Waals surface area contributed by atoms with Crippen molar-refractivity contribution in [2.75, 3.05) is 38.5 Å². The number of ether oxygens (including phenoxy) is 1. The molecule has 0 aliphatic carbocycles. The number of hydrogen-bond donors (Lipinski definition) is 0. The molecule has 0 unspecified atom stereocenters. The van der Waals surface area contributed by atoms with E-state index in [4.69, 9.17) is 9.72 Å². The molecule has 2 aromatic heterocycles. The molecule has 1 aliphatic heterocycles. The summed E-state index contributed by atoms with van der Waals surface area (Å²) in [5.41, 5.74) is 1.81. The maximum atomic E-state index is 12.9. The molecule has 1 amide bonds. The second kappa shape index (κ2) is 10.5. The van der Waals surface area contributed by atoms with Gasteiger partial charge in [0.25, 0.3) is 0 Å². The highest BCUT2D eigenvalue weighted by atomic mass is 32.2. The highest BCUT2D eigenvalue weighted by molar-refractivity contribution is 7.99. The molecule has 34 heavy (non-hydrogen) atoms. The van der Waals surface area contributed by atoms with Crippen LogP contribution in [0.5, 0.6) is 5.75 Å². The van der Waals surface area contributed by atoms with E-state index in [-0.39, 0.29) is 11.7 Å². The second-order valence-corrected chi connectivity index (χ2v) is 9.85. The fourth-order valence-electron chi connectivity index (χ4n) is 3.88. The van der Waals surface area contributed by atoms with Gasteiger partial charge in [-0.2, -0.15) is 4.68 Å². The van der Waals surface area contributed by atoms with E-state index in [9.17, 15) is 4.79 Å². The summed E-state index contributed by atoms with van der Waals surface area (Å²) in [6, 6.07) is 15.8. The van der Waals surface area contributed by atoms with Crippen LogP contribution < -0.4 is 4.74 Å². The van der Waals surface area contributed by atoms with Gasteiger partial charge in [-0.25, -0.2) is 4.98 Å². The average Bonchev–Trinajstić information content (AvgIpc) is 3.50. The molecule has 4 aromatic rings. The van der Waals surface area contributed by atoms with E-state index in [1.807, 2.05) is 48.2 Å². The minimum Gasteiger partial charge on any atom is -0.492 e. The normalized spacial score (nSPS) is 14.6. The van der Waals surface area contributed by atoms with Gasteiger partial charge in [-0.3, -0.25) is 9.69 Å². The van der Waals surface area contributed by atoms with Gasteiger partial charge in [-0.1, -0.05) is 36.0 Å². The molecule has 11 heteroatoms. The van der Waals surface area contributed by atoms with E-state index in [2.05, 4.69) is 32.6 Å². The van der Waals surface area contributed by atoms with Crippen molar-refractivity contribution in [3.8, 4) is 11.4 Å². The van der Waals surface area contributed by atoms with Crippen molar-refractivity contribution in [1.82, 2.24) is 35.0 Å². The van der Waals surface area contributed by atoms with Gasteiger partial charge in [0.2, 0.25) is 11.1 Å². The zero-order valence-corrected chi connectivity index (χ0v) is 20.5. The van der Waals surface area contributed by atoms with Crippen LogP contribution in [0.3, 0.4) is 0 Å². The number of carbonyl (C=O) groups excluding carboxylic acids is 1. The van der Waals surface area contributed by atoms with Gasteiger partial charge in [0.1, 0.15) is 16.4 Å². The minimum atomic E-state index is 0.0947. The summed E-state index contributed by atoms with van der Waals surface area (Å²) in [7, 11) is 0. The first-order valence-electron chi connectivity index (χ1n) is 11.2. The third kappa shape index (κ3) is 5.06. The van der Waals surface area contributed by atoms with E-state index < -0.39 is 0 Å². The lowest BCUT2D eigenvalue weighted by Crippen LogP contribution is -2.48. The van der Waals surface area contributed by atoms with Crippen molar-refractivity contribution in [1.29, 1.82) is 0 Å². The highest BCUT2D eigenvalue weighted by Crippen LogP contribution is 2.26. The smallest absolute Gasteiger partial charge is 0.233 e. The predicted molar refractivity (Wildman–Crippen MR) is 133 cm³/mol. The summed E-state index contributed by atoms with van der Waals surface area (Å²) < 4.78 is 8.54. The van der Waals surface area contributed by atoms with Crippen LogP contribution in [0.2, 0.25) is 0 Å².